The van der Waals surface area contributed by atoms with Gasteiger partial charge >= 0.3 is 0 Å². The SMILES string of the molecule is CCCC(C)c1cncc(-n2ccnc2)n1. The Labute approximate surface area is 95.4 Å². The van der Waals surface area contributed by atoms with E-state index in [1.165, 1.54) is 0 Å². The van der Waals surface area contributed by atoms with Crippen molar-refractivity contribution in [3.8, 4) is 5.82 Å². The summed E-state index contributed by atoms with van der Waals surface area (Å²) in [5.74, 6) is 1.29. The minimum absolute atomic E-state index is 0.459. The second-order valence-corrected chi connectivity index (χ2v) is 3.96. The second kappa shape index (κ2) is 4.88. The van der Waals surface area contributed by atoms with Gasteiger partial charge in [0.2, 0.25) is 0 Å². The van der Waals surface area contributed by atoms with Crippen molar-refractivity contribution in [2.24, 2.45) is 0 Å². The average Bonchev–Trinajstić information content (AvgIpc) is 2.83. The van der Waals surface area contributed by atoms with Crippen molar-refractivity contribution < 1.29 is 0 Å². The van der Waals surface area contributed by atoms with Gasteiger partial charge in [0, 0.05) is 24.5 Å². The van der Waals surface area contributed by atoms with E-state index < -0.39 is 0 Å². The molecule has 4 nitrogen and oxygen atoms in total. The maximum absolute atomic E-state index is 4.59. The van der Waals surface area contributed by atoms with Crippen molar-refractivity contribution in [2.45, 2.75) is 32.6 Å². The molecule has 2 rings (SSSR count). The zero-order valence-electron chi connectivity index (χ0n) is 9.67. The van der Waals surface area contributed by atoms with Gasteiger partial charge in [-0.25, -0.2) is 9.97 Å². The van der Waals surface area contributed by atoms with Crippen LogP contribution in [-0.4, -0.2) is 19.5 Å². The normalized spacial score (nSPS) is 12.6. The fraction of sp³-hybridized carbons (Fsp3) is 0.417. The van der Waals surface area contributed by atoms with E-state index in [1.807, 2.05) is 17.0 Å². The molecule has 0 fully saturated rings. The van der Waals surface area contributed by atoms with Crippen LogP contribution >= 0.6 is 0 Å². The predicted octanol–water partition coefficient (Wildman–Crippen LogP) is 2.57. The molecule has 16 heavy (non-hydrogen) atoms. The van der Waals surface area contributed by atoms with Crippen LogP contribution in [0.2, 0.25) is 0 Å². The molecule has 0 radical (unpaired) electrons. The van der Waals surface area contributed by atoms with Crippen LogP contribution < -0.4 is 0 Å². The lowest BCUT2D eigenvalue weighted by atomic mass is 10.0. The molecule has 0 saturated heterocycles. The zero-order valence-corrected chi connectivity index (χ0v) is 9.67. The molecule has 0 aromatic carbocycles. The van der Waals surface area contributed by atoms with Crippen LogP contribution in [0.5, 0.6) is 0 Å². The van der Waals surface area contributed by atoms with Gasteiger partial charge in [-0.15, -0.1) is 0 Å². The molecule has 0 aliphatic rings. The summed E-state index contributed by atoms with van der Waals surface area (Å²) in [6.07, 6.45) is 11.3. The van der Waals surface area contributed by atoms with E-state index in [4.69, 9.17) is 0 Å². The first-order chi connectivity index (χ1) is 7.81. The average molecular weight is 216 g/mol. The molecular formula is C12H16N4. The van der Waals surface area contributed by atoms with E-state index in [0.717, 1.165) is 24.4 Å². The van der Waals surface area contributed by atoms with E-state index in [-0.39, 0.29) is 0 Å². The van der Waals surface area contributed by atoms with Gasteiger partial charge in [0.1, 0.15) is 6.33 Å². The smallest absolute Gasteiger partial charge is 0.156 e. The number of hydrogen-bond acceptors (Lipinski definition) is 3. The maximum Gasteiger partial charge on any atom is 0.156 e. The number of imidazole rings is 1. The van der Waals surface area contributed by atoms with Gasteiger partial charge in [0.15, 0.2) is 5.82 Å². The Kier molecular flexibility index (Phi) is 3.29. The molecular weight excluding hydrogens is 200 g/mol. The van der Waals surface area contributed by atoms with Crippen LogP contribution in [-0.2, 0) is 0 Å². The molecule has 2 aromatic heterocycles. The molecule has 0 N–H and O–H groups in total. The summed E-state index contributed by atoms with van der Waals surface area (Å²) in [5, 5.41) is 0. The van der Waals surface area contributed by atoms with E-state index in [1.54, 1.807) is 18.7 Å². The van der Waals surface area contributed by atoms with Crippen LogP contribution in [0.3, 0.4) is 0 Å². The first-order valence-electron chi connectivity index (χ1n) is 5.61. The van der Waals surface area contributed by atoms with Gasteiger partial charge < -0.3 is 0 Å². The molecule has 4 heteroatoms. The summed E-state index contributed by atoms with van der Waals surface area (Å²) >= 11 is 0. The fourth-order valence-electron chi connectivity index (χ4n) is 1.71. The van der Waals surface area contributed by atoms with Gasteiger partial charge in [-0.05, 0) is 6.42 Å². The molecule has 0 bridgehead atoms. The lowest BCUT2D eigenvalue weighted by molar-refractivity contribution is 0.641. The van der Waals surface area contributed by atoms with Gasteiger partial charge in [0.25, 0.3) is 0 Å². The first-order valence-corrected chi connectivity index (χ1v) is 5.61. The van der Waals surface area contributed by atoms with Gasteiger partial charge in [0.05, 0.1) is 11.9 Å². The van der Waals surface area contributed by atoms with E-state index >= 15 is 0 Å². The monoisotopic (exact) mass is 216 g/mol. The van der Waals surface area contributed by atoms with Crippen molar-refractivity contribution in [2.75, 3.05) is 0 Å². The molecule has 2 aromatic rings. The van der Waals surface area contributed by atoms with Gasteiger partial charge in [-0.3, -0.25) is 9.55 Å². The summed E-state index contributed by atoms with van der Waals surface area (Å²) < 4.78 is 1.87. The molecule has 0 saturated carbocycles. The van der Waals surface area contributed by atoms with Gasteiger partial charge in [-0.2, -0.15) is 0 Å². The third-order valence-corrected chi connectivity index (χ3v) is 2.64. The molecule has 1 unspecified atom stereocenters. The largest absolute Gasteiger partial charge is 0.289 e. The Morgan fingerprint density at radius 3 is 2.88 bits per heavy atom. The number of aromatic nitrogens is 4. The highest BCUT2D eigenvalue weighted by Crippen LogP contribution is 2.18. The Morgan fingerprint density at radius 2 is 2.19 bits per heavy atom. The summed E-state index contributed by atoms with van der Waals surface area (Å²) in [6, 6.07) is 0. The second-order valence-electron chi connectivity index (χ2n) is 3.96. The van der Waals surface area contributed by atoms with Crippen molar-refractivity contribution in [3.05, 3.63) is 36.8 Å². The third-order valence-electron chi connectivity index (χ3n) is 2.64. The van der Waals surface area contributed by atoms with Crippen molar-refractivity contribution >= 4 is 0 Å². The van der Waals surface area contributed by atoms with E-state index in [2.05, 4.69) is 28.8 Å². The fourth-order valence-corrected chi connectivity index (χ4v) is 1.71. The Hall–Kier alpha value is -1.71. The Morgan fingerprint density at radius 1 is 1.31 bits per heavy atom. The van der Waals surface area contributed by atoms with Crippen LogP contribution in [0, 0.1) is 0 Å². The molecule has 0 aliphatic heterocycles. The first kappa shape index (κ1) is 10.8. The minimum Gasteiger partial charge on any atom is -0.289 e. The Bertz CT molecular complexity index is 436. The van der Waals surface area contributed by atoms with Crippen LogP contribution in [0.25, 0.3) is 5.82 Å². The van der Waals surface area contributed by atoms with Crippen molar-refractivity contribution in [3.63, 3.8) is 0 Å². The van der Waals surface area contributed by atoms with Crippen LogP contribution in [0.4, 0.5) is 0 Å². The Balaban J connectivity index is 2.26. The molecule has 2 heterocycles. The number of hydrogen-bond donors (Lipinski definition) is 0. The summed E-state index contributed by atoms with van der Waals surface area (Å²) in [5.41, 5.74) is 1.05. The molecule has 84 valence electrons. The summed E-state index contributed by atoms with van der Waals surface area (Å²) in [4.78, 5) is 12.8. The van der Waals surface area contributed by atoms with Crippen molar-refractivity contribution in [1.29, 1.82) is 0 Å². The standard InChI is InChI=1S/C12H16N4/c1-3-4-10(2)11-7-14-8-12(15-11)16-6-5-13-9-16/h5-10H,3-4H2,1-2H3. The topological polar surface area (TPSA) is 43.6 Å². The predicted molar refractivity (Wildman–Crippen MR) is 62.5 cm³/mol. The highest BCUT2D eigenvalue weighted by atomic mass is 15.1. The summed E-state index contributed by atoms with van der Waals surface area (Å²) in [7, 11) is 0. The lowest BCUT2D eigenvalue weighted by Crippen LogP contribution is -2.02. The quantitative estimate of drug-likeness (QED) is 0.789. The lowest BCUT2D eigenvalue weighted by Gasteiger charge is -2.10. The zero-order chi connectivity index (χ0) is 11.4. The van der Waals surface area contributed by atoms with Crippen LogP contribution in [0.15, 0.2) is 31.1 Å². The molecule has 0 amide bonds. The molecule has 1 atom stereocenters. The van der Waals surface area contributed by atoms with E-state index in [0.29, 0.717) is 5.92 Å². The van der Waals surface area contributed by atoms with Crippen LogP contribution in [0.1, 0.15) is 38.3 Å². The maximum atomic E-state index is 4.59. The van der Waals surface area contributed by atoms with E-state index in [9.17, 15) is 0 Å². The summed E-state index contributed by atoms with van der Waals surface area (Å²) in [6.45, 7) is 4.37. The number of rotatable bonds is 4. The minimum atomic E-state index is 0.459. The highest BCUT2D eigenvalue weighted by Gasteiger charge is 2.07. The van der Waals surface area contributed by atoms with Gasteiger partial charge in [-0.1, -0.05) is 20.3 Å². The third kappa shape index (κ3) is 2.27. The molecule has 0 spiro atoms. The number of nitrogens with zero attached hydrogens (tertiary/aromatic N) is 4. The molecule has 0 aliphatic carbocycles. The highest BCUT2D eigenvalue weighted by molar-refractivity contribution is 5.20. The van der Waals surface area contributed by atoms with Crippen molar-refractivity contribution in [1.82, 2.24) is 19.5 Å².